The van der Waals surface area contributed by atoms with E-state index in [1.807, 2.05) is 0 Å². The normalized spacial score (nSPS) is 11.7. The van der Waals surface area contributed by atoms with Crippen LogP contribution in [0.4, 0.5) is 4.39 Å². The van der Waals surface area contributed by atoms with Crippen LogP contribution in [-0.4, -0.2) is 19.6 Å². The molecule has 1 N–H and O–H groups in total. The van der Waals surface area contributed by atoms with Crippen LogP contribution in [0.15, 0.2) is 42.5 Å². The van der Waals surface area contributed by atoms with E-state index in [9.17, 15) is 9.18 Å². The second-order valence-corrected chi connectivity index (χ2v) is 5.31. The van der Waals surface area contributed by atoms with Crippen LogP contribution in [0.25, 0.3) is 0 Å². The zero-order chi connectivity index (χ0) is 16.8. The molecule has 6 heteroatoms. The molecule has 0 aliphatic rings. The highest BCUT2D eigenvalue weighted by molar-refractivity contribution is 6.32. The lowest BCUT2D eigenvalue weighted by Crippen LogP contribution is -2.31. The topological polar surface area (TPSA) is 47.6 Å². The number of hydrogen-bond acceptors (Lipinski definition) is 3. The summed E-state index contributed by atoms with van der Waals surface area (Å²) in [6, 6.07) is 11.1. The fourth-order valence-electron chi connectivity index (χ4n) is 2.02. The number of benzene rings is 2. The predicted molar refractivity (Wildman–Crippen MR) is 86.5 cm³/mol. The summed E-state index contributed by atoms with van der Waals surface area (Å²) < 4.78 is 23.9. The highest BCUT2D eigenvalue weighted by Crippen LogP contribution is 2.23. The van der Waals surface area contributed by atoms with Crippen molar-refractivity contribution in [1.82, 2.24) is 5.32 Å². The van der Waals surface area contributed by atoms with Gasteiger partial charge in [-0.2, -0.15) is 0 Å². The Morgan fingerprint density at radius 1 is 1.26 bits per heavy atom. The van der Waals surface area contributed by atoms with E-state index in [1.165, 1.54) is 19.2 Å². The molecule has 0 bridgehead atoms. The third-order valence-electron chi connectivity index (χ3n) is 3.25. The molecule has 0 saturated heterocycles. The molecule has 1 atom stereocenters. The van der Waals surface area contributed by atoms with Crippen molar-refractivity contribution < 1.29 is 18.7 Å². The van der Waals surface area contributed by atoms with Crippen molar-refractivity contribution in [2.75, 3.05) is 13.7 Å². The number of amides is 1. The first-order valence-electron chi connectivity index (χ1n) is 7.01. The van der Waals surface area contributed by atoms with E-state index in [1.54, 1.807) is 37.3 Å². The zero-order valence-electron chi connectivity index (χ0n) is 12.8. The molecule has 0 aromatic heterocycles. The number of carbonyl (C=O) groups is 1. The summed E-state index contributed by atoms with van der Waals surface area (Å²) in [6.45, 7) is 1.58. The van der Waals surface area contributed by atoms with Crippen LogP contribution in [0.5, 0.6) is 11.5 Å². The van der Waals surface area contributed by atoms with E-state index in [-0.39, 0.29) is 24.3 Å². The van der Waals surface area contributed by atoms with Crippen molar-refractivity contribution in [3.8, 4) is 11.5 Å². The third kappa shape index (κ3) is 4.60. The lowest BCUT2D eigenvalue weighted by Gasteiger charge is -2.15. The minimum Gasteiger partial charge on any atom is -0.494 e. The first kappa shape index (κ1) is 17.1. The quantitative estimate of drug-likeness (QED) is 0.873. The molecule has 0 fully saturated rings. The molecule has 2 rings (SSSR count). The van der Waals surface area contributed by atoms with Gasteiger partial charge in [-0.05, 0) is 36.8 Å². The van der Waals surface area contributed by atoms with Gasteiger partial charge in [0, 0.05) is 0 Å². The van der Waals surface area contributed by atoms with Gasteiger partial charge in [0.15, 0.2) is 18.2 Å². The lowest BCUT2D eigenvalue weighted by molar-refractivity contribution is -0.123. The van der Waals surface area contributed by atoms with Gasteiger partial charge in [0.2, 0.25) is 0 Å². The van der Waals surface area contributed by atoms with E-state index in [4.69, 9.17) is 21.1 Å². The number of halogens is 2. The van der Waals surface area contributed by atoms with Crippen LogP contribution in [0.3, 0.4) is 0 Å². The maximum atomic E-state index is 13.7. The van der Waals surface area contributed by atoms with Crippen molar-refractivity contribution in [3.05, 3.63) is 58.9 Å². The number of carbonyl (C=O) groups excluding carboxylic acids is 1. The second-order valence-electron chi connectivity index (χ2n) is 4.90. The van der Waals surface area contributed by atoms with Gasteiger partial charge in [0.25, 0.3) is 5.91 Å². The summed E-state index contributed by atoms with van der Waals surface area (Å²) >= 11 is 5.95. The second kappa shape index (κ2) is 7.83. The van der Waals surface area contributed by atoms with E-state index in [0.717, 1.165) is 0 Å². The molecule has 0 spiro atoms. The van der Waals surface area contributed by atoms with Crippen LogP contribution >= 0.6 is 11.6 Å². The standard InChI is InChI=1S/C17H17ClFNO3/c1-11(12-7-8-16(22-2)14(19)9-12)20-17(21)10-23-15-6-4-3-5-13(15)18/h3-9,11H,10H2,1-2H3,(H,20,21)/t11-/m0/s1. The third-order valence-corrected chi connectivity index (χ3v) is 3.56. The Morgan fingerprint density at radius 2 is 2.00 bits per heavy atom. The Hall–Kier alpha value is -2.27. The van der Waals surface area contributed by atoms with Gasteiger partial charge in [0.05, 0.1) is 18.2 Å². The largest absolute Gasteiger partial charge is 0.494 e. The molecule has 0 aliphatic heterocycles. The Labute approximate surface area is 139 Å². The average molecular weight is 338 g/mol. The first-order chi connectivity index (χ1) is 11.0. The van der Waals surface area contributed by atoms with E-state index in [0.29, 0.717) is 16.3 Å². The first-order valence-corrected chi connectivity index (χ1v) is 7.39. The van der Waals surface area contributed by atoms with Crippen molar-refractivity contribution >= 4 is 17.5 Å². The van der Waals surface area contributed by atoms with Gasteiger partial charge >= 0.3 is 0 Å². The highest BCUT2D eigenvalue weighted by Gasteiger charge is 2.13. The Morgan fingerprint density at radius 3 is 2.65 bits per heavy atom. The van der Waals surface area contributed by atoms with Crippen LogP contribution < -0.4 is 14.8 Å². The molecule has 0 saturated carbocycles. The summed E-state index contributed by atoms with van der Waals surface area (Å²) in [5, 5.41) is 3.17. The molecule has 0 radical (unpaired) electrons. The van der Waals surface area contributed by atoms with Crippen LogP contribution in [-0.2, 0) is 4.79 Å². The number of rotatable bonds is 6. The highest BCUT2D eigenvalue weighted by atomic mass is 35.5. The number of hydrogen-bond donors (Lipinski definition) is 1. The monoisotopic (exact) mass is 337 g/mol. The minimum absolute atomic E-state index is 0.161. The minimum atomic E-state index is -0.474. The van der Waals surface area contributed by atoms with E-state index < -0.39 is 5.82 Å². The van der Waals surface area contributed by atoms with Crippen LogP contribution in [0.2, 0.25) is 5.02 Å². The Kier molecular flexibility index (Phi) is 5.82. The number of para-hydroxylation sites is 1. The SMILES string of the molecule is COc1ccc([C@H](C)NC(=O)COc2ccccc2Cl)cc1F. The number of nitrogens with one attached hydrogen (secondary N) is 1. The molecule has 0 aliphatic carbocycles. The van der Waals surface area contributed by atoms with Crippen molar-refractivity contribution in [1.29, 1.82) is 0 Å². The summed E-state index contributed by atoms with van der Waals surface area (Å²) in [5.41, 5.74) is 0.634. The molecule has 0 heterocycles. The maximum absolute atomic E-state index is 13.7. The predicted octanol–water partition coefficient (Wildman–Crippen LogP) is 3.74. The number of ether oxygens (including phenoxy) is 2. The van der Waals surface area contributed by atoms with Gasteiger partial charge < -0.3 is 14.8 Å². The summed E-state index contributed by atoms with van der Waals surface area (Å²) in [5.74, 6) is -0.200. The number of methoxy groups -OCH3 is 1. The zero-order valence-corrected chi connectivity index (χ0v) is 13.6. The molecule has 0 unspecified atom stereocenters. The van der Waals surface area contributed by atoms with Gasteiger partial charge in [-0.15, -0.1) is 0 Å². The molecule has 2 aromatic rings. The van der Waals surface area contributed by atoms with Crippen LogP contribution in [0.1, 0.15) is 18.5 Å². The van der Waals surface area contributed by atoms with Gasteiger partial charge in [-0.3, -0.25) is 4.79 Å². The van der Waals surface area contributed by atoms with Crippen molar-refractivity contribution in [2.24, 2.45) is 0 Å². The van der Waals surface area contributed by atoms with E-state index in [2.05, 4.69) is 5.32 Å². The Balaban J connectivity index is 1.92. The Bertz CT molecular complexity index is 693. The van der Waals surface area contributed by atoms with Gasteiger partial charge in [-0.1, -0.05) is 29.8 Å². The molecule has 1 amide bonds. The molecule has 2 aromatic carbocycles. The van der Waals surface area contributed by atoms with Gasteiger partial charge in [-0.25, -0.2) is 4.39 Å². The van der Waals surface area contributed by atoms with E-state index >= 15 is 0 Å². The summed E-state index contributed by atoms with van der Waals surface area (Å²) in [4.78, 5) is 11.9. The lowest BCUT2D eigenvalue weighted by atomic mass is 10.1. The smallest absolute Gasteiger partial charge is 0.258 e. The van der Waals surface area contributed by atoms with Gasteiger partial charge in [0.1, 0.15) is 5.75 Å². The molecule has 4 nitrogen and oxygen atoms in total. The molecule has 122 valence electrons. The summed E-state index contributed by atoms with van der Waals surface area (Å²) in [7, 11) is 1.40. The fourth-order valence-corrected chi connectivity index (χ4v) is 2.21. The molecule has 23 heavy (non-hydrogen) atoms. The van der Waals surface area contributed by atoms with Crippen LogP contribution in [0, 0.1) is 5.82 Å². The molecular weight excluding hydrogens is 321 g/mol. The maximum Gasteiger partial charge on any atom is 0.258 e. The average Bonchev–Trinajstić information content (AvgIpc) is 2.54. The van der Waals surface area contributed by atoms with Crippen molar-refractivity contribution in [3.63, 3.8) is 0 Å². The summed E-state index contributed by atoms with van der Waals surface area (Å²) in [6.07, 6.45) is 0. The molecular formula is C17H17ClFNO3. The fraction of sp³-hybridized carbons (Fsp3) is 0.235. The van der Waals surface area contributed by atoms with Crippen molar-refractivity contribution in [2.45, 2.75) is 13.0 Å².